The molecule has 2 fully saturated rings. The fourth-order valence-electron chi connectivity index (χ4n) is 2.76. The van der Waals surface area contributed by atoms with Crippen LogP contribution < -0.4 is 5.32 Å². The minimum absolute atomic E-state index is 0.503. The Labute approximate surface area is 98.6 Å². The Morgan fingerprint density at radius 1 is 1.31 bits per heavy atom. The maximum Gasteiger partial charge on any atom is 0.102 e. The van der Waals surface area contributed by atoms with E-state index < -0.39 is 5.60 Å². The van der Waals surface area contributed by atoms with Gasteiger partial charge in [0, 0.05) is 25.6 Å². The third kappa shape index (κ3) is 3.44. The van der Waals surface area contributed by atoms with Crippen molar-refractivity contribution in [1.29, 1.82) is 0 Å². The first kappa shape index (κ1) is 12.3. The van der Waals surface area contributed by atoms with E-state index in [1.54, 1.807) is 0 Å². The van der Waals surface area contributed by atoms with Crippen molar-refractivity contribution in [3.63, 3.8) is 0 Å². The largest absolute Gasteiger partial charge is 0.386 e. The van der Waals surface area contributed by atoms with Crippen molar-refractivity contribution in [3.8, 4) is 0 Å². The van der Waals surface area contributed by atoms with E-state index >= 15 is 0 Å². The number of aliphatic hydroxyl groups is 1. The normalized spacial score (nSPS) is 40.9. The molecule has 1 saturated heterocycles. The van der Waals surface area contributed by atoms with Crippen LogP contribution in [0.2, 0.25) is 0 Å². The summed E-state index contributed by atoms with van der Waals surface area (Å²) >= 11 is 0. The molecule has 0 bridgehead atoms. The van der Waals surface area contributed by atoms with Gasteiger partial charge in [0.15, 0.2) is 0 Å². The van der Waals surface area contributed by atoms with E-state index in [0.717, 1.165) is 12.3 Å². The van der Waals surface area contributed by atoms with Gasteiger partial charge < -0.3 is 15.2 Å². The molecule has 1 heterocycles. The topological polar surface area (TPSA) is 41.5 Å². The van der Waals surface area contributed by atoms with Crippen molar-refractivity contribution in [2.45, 2.75) is 57.1 Å². The fourth-order valence-corrected chi connectivity index (χ4v) is 2.76. The average Bonchev–Trinajstić information content (AvgIpc) is 2.58. The zero-order valence-electron chi connectivity index (χ0n) is 10.4. The van der Waals surface area contributed by atoms with Crippen LogP contribution in [-0.2, 0) is 4.74 Å². The molecule has 1 aliphatic carbocycles. The van der Waals surface area contributed by atoms with E-state index in [-0.39, 0.29) is 0 Å². The molecule has 2 N–H and O–H groups in total. The lowest BCUT2D eigenvalue weighted by molar-refractivity contribution is 0.0244. The lowest BCUT2D eigenvalue weighted by Gasteiger charge is -2.25. The first-order chi connectivity index (χ1) is 7.68. The Balaban J connectivity index is 1.72. The average molecular weight is 227 g/mol. The highest BCUT2D eigenvalue weighted by atomic mass is 16.5. The predicted octanol–water partition coefficient (Wildman–Crippen LogP) is 1.70. The summed E-state index contributed by atoms with van der Waals surface area (Å²) in [5.74, 6) is 0.879. The molecule has 3 atom stereocenters. The van der Waals surface area contributed by atoms with Crippen LogP contribution in [0.25, 0.3) is 0 Å². The van der Waals surface area contributed by atoms with Gasteiger partial charge in [-0.2, -0.15) is 0 Å². The zero-order chi connectivity index (χ0) is 11.4. The standard InChI is InChI=1S/C13H25NO2/c1-11-3-2-4-12(6-5-11)14-9-13(15)7-8-16-10-13/h11-12,14-15H,2-10H2,1H3. The molecule has 2 aliphatic rings. The van der Waals surface area contributed by atoms with Gasteiger partial charge in [-0.1, -0.05) is 19.8 Å². The summed E-state index contributed by atoms with van der Waals surface area (Å²) in [6, 6.07) is 0.606. The van der Waals surface area contributed by atoms with Crippen molar-refractivity contribution >= 4 is 0 Å². The van der Waals surface area contributed by atoms with E-state index in [2.05, 4.69) is 12.2 Å². The van der Waals surface area contributed by atoms with Crippen LogP contribution in [0.1, 0.15) is 45.4 Å². The van der Waals surface area contributed by atoms with E-state index in [9.17, 15) is 5.11 Å². The van der Waals surface area contributed by atoms with Crippen molar-refractivity contribution in [3.05, 3.63) is 0 Å². The van der Waals surface area contributed by atoms with Gasteiger partial charge in [0.25, 0.3) is 0 Å². The molecule has 2 rings (SSSR count). The van der Waals surface area contributed by atoms with Crippen molar-refractivity contribution in [2.24, 2.45) is 5.92 Å². The first-order valence-corrected chi connectivity index (χ1v) is 6.71. The SMILES string of the molecule is CC1CCCC(NCC2(O)CCOC2)CC1. The van der Waals surface area contributed by atoms with Crippen molar-refractivity contribution in [2.75, 3.05) is 19.8 Å². The number of nitrogens with one attached hydrogen (secondary N) is 1. The lowest BCUT2D eigenvalue weighted by atomic mass is 10.0. The molecule has 16 heavy (non-hydrogen) atoms. The molecule has 1 saturated carbocycles. The molecule has 0 spiro atoms. The maximum absolute atomic E-state index is 10.2. The van der Waals surface area contributed by atoms with Crippen molar-refractivity contribution < 1.29 is 9.84 Å². The minimum atomic E-state index is -0.599. The van der Waals surface area contributed by atoms with Crippen LogP contribution >= 0.6 is 0 Å². The van der Waals surface area contributed by atoms with E-state index in [1.165, 1.54) is 32.1 Å². The van der Waals surface area contributed by atoms with Crippen LogP contribution in [-0.4, -0.2) is 36.5 Å². The molecule has 3 heteroatoms. The summed E-state index contributed by atoms with van der Waals surface area (Å²) in [6.45, 7) is 4.26. The second-order valence-corrected chi connectivity index (χ2v) is 5.72. The minimum Gasteiger partial charge on any atom is -0.386 e. The van der Waals surface area contributed by atoms with Crippen LogP contribution in [0.3, 0.4) is 0 Å². The highest BCUT2D eigenvalue weighted by Crippen LogP contribution is 2.23. The van der Waals surface area contributed by atoms with E-state index in [4.69, 9.17) is 4.74 Å². The number of rotatable bonds is 3. The Hall–Kier alpha value is -0.120. The second kappa shape index (κ2) is 5.48. The Bertz CT molecular complexity index is 214. The molecule has 0 aromatic carbocycles. The molecule has 0 radical (unpaired) electrons. The lowest BCUT2D eigenvalue weighted by Crippen LogP contribution is -2.44. The number of ether oxygens (including phenoxy) is 1. The molecule has 3 nitrogen and oxygen atoms in total. The van der Waals surface area contributed by atoms with Crippen LogP contribution in [0.4, 0.5) is 0 Å². The fraction of sp³-hybridized carbons (Fsp3) is 1.00. The van der Waals surface area contributed by atoms with Gasteiger partial charge in [0.2, 0.25) is 0 Å². The van der Waals surface area contributed by atoms with Crippen LogP contribution in [0.5, 0.6) is 0 Å². The summed E-state index contributed by atoms with van der Waals surface area (Å²) < 4.78 is 5.25. The van der Waals surface area contributed by atoms with Crippen LogP contribution in [0.15, 0.2) is 0 Å². The second-order valence-electron chi connectivity index (χ2n) is 5.72. The highest BCUT2D eigenvalue weighted by Gasteiger charge is 2.32. The summed E-state index contributed by atoms with van der Waals surface area (Å²) in [5.41, 5.74) is -0.599. The molecule has 94 valence electrons. The van der Waals surface area contributed by atoms with Gasteiger partial charge in [-0.25, -0.2) is 0 Å². The van der Waals surface area contributed by atoms with Gasteiger partial charge in [0.1, 0.15) is 5.60 Å². The molecule has 1 aliphatic heterocycles. The van der Waals surface area contributed by atoms with Gasteiger partial charge in [0.05, 0.1) is 6.61 Å². The molecule has 0 aromatic rings. The Morgan fingerprint density at radius 2 is 2.19 bits per heavy atom. The summed E-state index contributed by atoms with van der Waals surface area (Å²) in [4.78, 5) is 0. The molecule has 3 unspecified atom stereocenters. The molecular weight excluding hydrogens is 202 g/mol. The first-order valence-electron chi connectivity index (χ1n) is 6.71. The van der Waals surface area contributed by atoms with Gasteiger partial charge in [-0.15, -0.1) is 0 Å². The summed E-state index contributed by atoms with van der Waals surface area (Å²) in [7, 11) is 0. The van der Waals surface area contributed by atoms with E-state index in [0.29, 0.717) is 25.8 Å². The quantitative estimate of drug-likeness (QED) is 0.721. The highest BCUT2D eigenvalue weighted by molar-refractivity contribution is 4.86. The predicted molar refractivity (Wildman–Crippen MR) is 64.4 cm³/mol. The third-order valence-corrected chi connectivity index (χ3v) is 4.06. The van der Waals surface area contributed by atoms with Gasteiger partial charge >= 0.3 is 0 Å². The molecule has 0 aromatic heterocycles. The smallest absolute Gasteiger partial charge is 0.102 e. The van der Waals surface area contributed by atoms with Gasteiger partial charge in [-0.3, -0.25) is 0 Å². The monoisotopic (exact) mass is 227 g/mol. The third-order valence-electron chi connectivity index (χ3n) is 4.06. The van der Waals surface area contributed by atoms with E-state index in [1.807, 2.05) is 0 Å². The summed E-state index contributed by atoms with van der Waals surface area (Å²) in [6.07, 6.45) is 7.33. The van der Waals surface area contributed by atoms with Crippen LogP contribution in [0, 0.1) is 5.92 Å². The molecule has 0 amide bonds. The van der Waals surface area contributed by atoms with Crippen molar-refractivity contribution in [1.82, 2.24) is 5.32 Å². The number of hydrogen-bond acceptors (Lipinski definition) is 3. The maximum atomic E-state index is 10.2. The Kier molecular flexibility index (Phi) is 4.22. The van der Waals surface area contributed by atoms with Gasteiger partial charge in [-0.05, 0) is 25.2 Å². The molecular formula is C13H25NO2. The zero-order valence-corrected chi connectivity index (χ0v) is 10.4. The number of hydrogen-bond donors (Lipinski definition) is 2. The summed E-state index contributed by atoms with van der Waals surface area (Å²) in [5, 5.41) is 13.7. The Morgan fingerprint density at radius 3 is 2.94 bits per heavy atom.